The average Bonchev–Trinajstić information content (AvgIpc) is 2.32. The van der Waals surface area contributed by atoms with Crippen LogP contribution in [0.2, 0.25) is 0 Å². The highest BCUT2D eigenvalue weighted by Crippen LogP contribution is 2.17. The minimum Gasteiger partial charge on any atom is -0.371 e. The van der Waals surface area contributed by atoms with Gasteiger partial charge < -0.3 is 10.1 Å². The Labute approximate surface area is 113 Å². The number of nitrogens with one attached hydrogen (secondary N) is 1. The van der Waals surface area contributed by atoms with Crippen LogP contribution < -0.4 is 5.32 Å². The molecule has 0 amide bonds. The zero-order chi connectivity index (χ0) is 14.3. The second-order valence-corrected chi connectivity index (χ2v) is 5.42. The van der Waals surface area contributed by atoms with Crippen molar-refractivity contribution in [2.24, 2.45) is 0 Å². The zero-order valence-electron chi connectivity index (χ0n) is 11.8. The molecule has 1 rings (SSSR count). The first-order valence-electron chi connectivity index (χ1n) is 7.00. The predicted octanol–water partition coefficient (Wildman–Crippen LogP) is 2.42. The third kappa shape index (κ3) is 7.74. The van der Waals surface area contributed by atoms with Crippen molar-refractivity contribution in [1.29, 1.82) is 0 Å². The average molecular weight is 282 g/mol. The van der Waals surface area contributed by atoms with Gasteiger partial charge in [0.15, 0.2) is 0 Å². The van der Waals surface area contributed by atoms with Crippen LogP contribution >= 0.6 is 0 Å². The van der Waals surface area contributed by atoms with E-state index in [4.69, 9.17) is 0 Å². The molecule has 1 aliphatic heterocycles. The van der Waals surface area contributed by atoms with Crippen molar-refractivity contribution in [3.63, 3.8) is 0 Å². The fourth-order valence-corrected chi connectivity index (χ4v) is 2.33. The quantitative estimate of drug-likeness (QED) is 0.726. The van der Waals surface area contributed by atoms with Crippen molar-refractivity contribution in [3.05, 3.63) is 0 Å². The molecule has 0 radical (unpaired) electrons. The van der Waals surface area contributed by atoms with Crippen molar-refractivity contribution >= 4 is 0 Å². The summed E-state index contributed by atoms with van der Waals surface area (Å²) in [5, 5.41) is 3.40. The van der Waals surface area contributed by atoms with Gasteiger partial charge in [-0.1, -0.05) is 20.3 Å². The van der Waals surface area contributed by atoms with Crippen LogP contribution in [-0.4, -0.2) is 56.0 Å². The van der Waals surface area contributed by atoms with E-state index in [1.165, 1.54) is 6.42 Å². The van der Waals surface area contributed by atoms with Gasteiger partial charge in [0.05, 0.1) is 6.61 Å². The molecule has 0 spiro atoms. The van der Waals surface area contributed by atoms with Gasteiger partial charge >= 0.3 is 6.18 Å². The number of hydrogen-bond donors (Lipinski definition) is 1. The molecule has 1 aliphatic rings. The molecule has 0 aromatic rings. The summed E-state index contributed by atoms with van der Waals surface area (Å²) < 4.78 is 40.6. The maximum atomic E-state index is 12.0. The van der Waals surface area contributed by atoms with Gasteiger partial charge in [0.25, 0.3) is 0 Å². The lowest BCUT2D eigenvalue weighted by atomic mass is 10.0. The summed E-state index contributed by atoms with van der Waals surface area (Å²) >= 11 is 0. The number of alkyl halides is 3. The molecule has 1 fully saturated rings. The van der Waals surface area contributed by atoms with Gasteiger partial charge in [0.1, 0.15) is 6.61 Å². The van der Waals surface area contributed by atoms with E-state index in [0.29, 0.717) is 18.6 Å². The third-order valence-electron chi connectivity index (χ3n) is 3.30. The normalized spacial score (nSPS) is 22.1. The second-order valence-electron chi connectivity index (χ2n) is 5.42. The molecule has 0 aromatic heterocycles. The molecule has 3 nitrogen and oxygen atoms in total. The number of nitrogens with zero attached hydrogens (tertiary/aromatic N) is 1. The van der Waals surface area contributed by atoms with Crippen molar-refractivity contribution in [2.75, 3.05) is 32.8 Å². The molecule has 0 aromatic carbocycles. The summed E-state index contributed by atoms with van der Waals surface area (Å²) in [5.74, 6) is 0. The largest absolute Gasteiger partial charge is 0.411 e. The SMILES string of the molecule is CC(C)NCC1CCCCN1CCOCC(F)(F)F. The van der Waals surface area contributed by atoms with Crippen molar-refractivity contribution in [3.8, 4) is 0 Å². The molecular formula is C13H25F3N2O. The number of ether oxygens (including phenoxy) is 1. The molecule has 1 heterocycles. The first-order valence-corrected chi connectivity index (χ1v) is 7.00. The lowest BCUT2D eigenvalue weighted by Gasteiger charge is -2.36. The van der Waals surface area contributed by atoms with Crippen molar-refractivity contribution in [2.45, 2.75) is 51.4 Å². The Balaban J connectivity index is 2.24. The van der Waals surface area contributed by atoms with E-state index in [1.54, 1.807) is 0 Å². The summed E-state index contributed by atoms with van der Waals surface area (Å²) in [6.07, 6.45) is -0.790. The number of rotatable bonds is 7. The van der Waals surface area contributed by atoms with Gasteiger partial charge in [-0.2, -0.15) is 13.2 Å². The number of likely N-dealkylation sites (tertiary alicyclic amines) is 1. The first-order chi connectivity index (χ1) is 8.88. The van der Waals surface area contributed by atoms with Gasteiger partial charge in [-0.15, -0.1) is 0 Å². The molecule has 0 bridgehead atoms. The monoisotopic (exact) mass is 282 g/mol. The van der Waals surface area contributed by atoms with Gasteiger partial charge in [0, 0.05) is 25.2 Å². The standard InChI is InChI=1S/C13H25F3N2O/c1-11(2)17-9-12-5-3-4-6-18(12)7-8-19-10-13(14,15)16/h11-12,17H,3-10H2,1-2H3. The van der Waals surface area contributed by atoms with Crippen molar-refractivity contribution < 1.29 is 17.9 Å². The summed E-state index contributed by atoms with van der Waals surface area (Å²) in [4.78, 5) is 2.25. The van der Waals surface area contributed by atoms with E-state index < -0.39 is 12.8 Å². The molecule has 1 atom stereocenters. The fourth-order valence-electron chi connectivity index (χ4n) is 2.33. The van der Waals surface area contributed by atoms with Crippen LogP contribution in [-0.2, 0) is 4.74 Å². The Kier molecular flexibility index (Phi) is 7.10. The Morgan fingerprint density at radius 1 is 1.32 bits per heavy atom. The number of halogens is 3. The summed E-state index contributed by atoms with van der Waals surface area (Å²) in [6.45, 7) is 5.64. The van der Waals surface area contributed by atoms with E-state index in [2.05, 4.69) is 28.8 Å². The van der Waals surface area contributed by atoms with Gasteiger partial charge in [-0.25, -0.2) is 0 Å². The minimum absolute atomic E-state index is 0.150. The smallest absolute Gasteiger partial charge is 0.371 e. The van der Waals surface area contributed by atoms with E-state index in [-0.39, 0.29) is 6.61 Å². The highest BCUT2D eigenvalue weighted by atomic mass is 19.4. The summed E-state index contributed by atoms with van der Waals surface area (Å²) in [5.41, 5.74) is 0. The van der Waals surface area contributed by atoms with Gasteiger partial charge in [-0.3, -0.25) is 4.90 Å². The molecule has 1 N–H and O–H groups in total. The van der Waals surface area contributed by atoms with Crippen LogP contribution in [0.4, 0.5) is 13.2 Å². The number of piperidine rings is 1. The van der Waals surface area contributed by atoms with Gasteiger partial charge in [-0.05, 0) is 19.4 Å². The van der Waals surface area contributed by atoms with Crippen LogP contribution in [0.1, 0.15) is 33.1 Å². The predicted molar refractivity (Wildman–Crippen MR) is 69.2 cm³/mol. The Morgan fingerprint density at radius 3 is 2.68 bits per heavy atom. The van der Waals surface area contributed by atoms with E-state index in [1.807, 2.05) is 0 Å². The lowest BCUT2D eigenvalue weighted by molar-refractivity contribution is -0.175. The molecule has 6 heteroatoms. The molecular weight excluding hydrogens is 257 g/mol. The molecule has 0 saturated carbocycles. The number of hydrogen-bond acceptors (Lipinski definition) is 3. The highest BCUT2D eigenvalue weighted by molar-refractivity contribution is 4.79. The topological polar surface area (TPSA) is 24.5 Å². The fraction of sp³-hybridized carbons (Fsp3) is 1.00. The molecule has 1 unspecified atom stereocenters. The highest BCUT2D eigenvalue weighted by Gasteiger charge is 2.28. The maximum absolute atomic E-state index is 12.0. The summed E-state index contributed by atoms with van der Waals surface area (Å²) in [7, 11) is 0. The van der Waals surface area contributed by atoms with E-state index in [9.17, 15) is 13.2 Å². The van der Waals surface area contributed by atoms with Crippen LogP contribution in [0.5, 0.6) is 0 Å². The van der Waals surface area contributed by atoms with Crippen LogP contribution in [0, 0.1) is 0 Å². The van der Waals surface area contributed by atoms with E-state index in [0.717, 1.165) is 25.9 Å². The Hall–Kier alpha value is -0.330. The van der Waals surface area contributed by atoms with Crippen LogP contribution in [0.25, 0.3) is 0 Å². The van der Waals surface area contributed by atoms with Crippen LogP contribution in [0.15, 0.2) is 0 Å². The Bertz CT molecular complexity index is 247. The lowest BCUT2D eigenvalue weighted by Crippen LogP contribution is -2.48. The summed E-state index contributed by atoms with van der Waals surface area (Å²) in [6, 6.07) is 0.857. The second kappa shape index (κ2) is 8.07. The van der Waals surface area contributed by atoms with E-state index >= 15 is 0 Å². The third-order valence-corrected chi connectivity index (χ3v) is 3.30. The van der Waals surface area contributed by atoms with Crippen LogP contribution in [0.3, 0.4) is 0 Å². The molecule has 19 heavy (non-hydrogen) atoms. The van der Waals surface area contributed by atoms with Crippen molar-refractivity contribution in [1.82, 2.24) is 10.2 Å². The maximum Gasteiger partial charge on any atom is 0.411 e. The molecule has 1 saturated heterocycles. The zero-order valence-corrected chi connectivity index (χ0v) is 11.8. The molecule has 0 aliphatic carbocycles. The van der Waals surface area contributed by atoms with Gasteiger partial charge in [0.2, 0.25) is 0 Å². The minimum atomic E-state index is -4.22. The Morgan fingerprint density at radius 2 is 2.05 bits per heavy atom. The first kappa shape index (κ1) is 16.7. The molecule has 114 valence electrons.